The Kier molecular flexibility index (Phi) is 4.36. The Morgan fingerprint density at radius 2 is 2.04 bits per heavy atom. The summed E-state index contributed by atoms with van der Waals surface area (Å²) in [4.78, 5) is 17.9. The van der Waals surface area contributed by atoms with E-state index in [0.717, 1.165) is 29.9 Å². The largest absolute Gasteiger partial charge is 0.359 e. The molecule has 0 radical (unpaired) electrons. The van der Waals surface area contributed by atoms with Gasteiger partial charge in [0.25, 0.3) is 0 Å². The van der Waals surface area contributed by atoms with Crippen LogP contribution in [0, 0.1) is 5.92 Å². The maximum atomic E-state index is 4.54. The van der Waals surface area contributed by atoms with Crippen LogP contribution in [0.1, 0.15) is 24.6 Å². The average molecular weight is 354 g/mol. The van der Waals surface area contributed by atoms with E-state index in [4.69, 9.17) is 0 Å². The molecule has 1 saturated heterocycles. The molecule has 0 bridgehead atoms. The highest BCUT2D eigenvalue weighted by Gasteiger charge is 2.33. The number of imidazole rings is 1. The molecule has 0 aliphatic carbocycles. The third-order valence-electron chi connectivity index (χ3n) is 5.54. The van der Waals surface area contributed by atoms with Crippen molar-refractivity contribution >= 4 is 16.9 Å². The van der Waals surface area contributed by atoms with E-state index in [1.54, 1.807) is 11.0 Å². The van der Waals surface area contributed by atoms with Gasteiger partial charge in [-0.25, -0.2) is 15.0 Å². The van der Waals surface area contributed by atoms with Crippen molar-refractivity contribution in [2.75, 3.05) is 32.1 Å². The minimum atomic E-state index is 0.366. The SMILES string of the molecule is CN(C[C@@H]1CCCN(C)[C@H]1c1cncn1C)c1ncnc2c1cnn2C. The molecule has 8 nitrogen and oxygen atoms in total. The fraction of sp³-hybridized carbons (Fsp3) is 0.556. The molecule has 0 aromatic carbocycles. The van der Waals surface area contributed by atoms with Gasteiger partial charge in [0, 0.05) is 33.9 Å². The first-order valence-corrected chi connectivity index (χ1v) is 9.06. The smallest absolute Gasteiger partial charge is 0.163 e. The first-order valence-electron chi connectivity index (χ1n) is 9.06. The maximum absolute atomic E-state index is 4.54. The summed E-state index contributed by atoms with van der Waals surface area (Å²) in [7, 11) is 8.32. The first kappa shape index (κ1) is 17.0. The lowest BCUT2D eigenvalue weighted by molar-refractivity contribution is 0.119. The fourth-order valence-electron chi connectivity index (χ4n) is 4.26. The van der Waals surface area contributed by atoms with Crippen molar-refractivity contribution in [3.63, 3.8) is 0 Å². The highest BCUT2D eigenvalue weighted by atomic mass is 15.3. The molecule has 1 aliphatic rings. The molecule has 3 aromatic rings. The summed E-state index contributed by atoms with van der Waals surface area (Å²) < 4.78 is 3.94. The third-order valence-corrected chi connectivity index (χ3v) is 5.54. The second-order valence-corrected chi connectivity index (χ2v) is 7.34. The van der Waals surface area contributed by atoms with E-state index in [1.807, 2.05) is 25.8 Å². The van der Waals surface area contributed by atoms with Crippen LogP contribution in [0.2, 0.25) is 0 Å². The van der Waals surface area contributed by atoms with E-state index in [0.29, 0.717) is 12.0 Å². The molecular formula is C18H26N8. The predicted octanol–water partition coefficient (Wildman–Crippen LogP) is 1.62. The van der Waals surface area contributed by atoms with Gasteiger partial charge >= 0.3 is 0 Å². The van der Waals surface area contributed by atoms with Crippen molar-refractivity contribution in [2.45, 2.75) is 18.9 Å². The van der Waals surface area contributed by atoms with Crippen LogP contribution in [0.15, 0.2) is 25.0 Å². The minimum absolute atomic E-state index is 0.366. The second kappa shape index (κ2) is 6.68. The number of nitrogens with zero attached hydrogens (tertiary/aromatic N) is 8. The standard InChI is InChI=1S/C18H26N8/c1-23-7-5-6-13(16(23)15-9-19-12-25(15)3)10-24(2)17-14-8-22-26(4)18(14)21-11-20-17/h8-9,11-13,16H,5-7,10H2,1-4H3/t13-,16+/m0/s1. The molecule has 26 heavy (non-hydrogen) atoms. The van der Waals surface area contributed by atoms with E-state index in [1.165, 1.54) is 18.5 Å². The molecular weight excluding hydrogens is 328 g/mol. The van der Waals surface area contributed by atoms with Gasteiger partial charge in [-0.15, -0.1) is 0 Å². The molecule has 4 heterocycles. The summed E-state index contributed by atoms with van der Waals surface area (Å²) in [6.45, 7) is 2.05. The Balaban J connectivity index is 1.62. The molecule has 8 heteroatoms. The van der Waals surface area contributed by atoms with Crippen LogP contribution in [0.3, 0.4) is 0 Å². The van der Waals surface area contributed by atoms with Gasteiger partial charge in [0.15, 0.2) is 5.65 Å². The Morgan fingerprint density at radius 1 is 1.19 bits per heavy atom. The van der Waals surface area contributed by atoms with Crippen molar-refractivity contribution in [2.24, 2.45) is 20.0 Å². The molecule has 4 rings (SSSR count). The van der Waals surface area contributed by atoms with Crippen molar-refractivity contribution in [3.8, 4) is 0 Å². The maximum Gasteiger partial charge on any atom is 0.163 e. The van der Waals surface area contributed by atoms with Gasteiger partial charge in [-0.1, -0.05) is 0 Å². The van der Waals surface area contributed by atoms with Crippen LogP contribution in [0.25, 0.3) is 11.0 Å². The normalized spacial score (nSPS) is 21.4. The molecule has 1 fully saturated rings. The molecule has 1 aliphatic heterocycles. The van der Waals surface area contributed by atoms with Gasteiger partial charge in [0.1, 0.15) is 12.1 Å². The summed E-state index contributed by atoms with van der Waals surface area (Å²) in [5, 5.41) is 5.33. The number of likely N-dealkylation sites (tertiary alicyclic amines) is 1. The van der Waals surface area contributed by atoms with Crippen LogP contribution < -0.4 is 4.90 Å². The zero-order valence-corrected chi connectivity index (χ0v) is 15.9. The van der Waals surface area contributed by atoms with Crippen molar-refractivity contribution < 1.29 is 0 Å². The van der Waals surface area contributed by atoms with Gasteiger partial charge in [-0.3, -0.25) is 9.58 Å². The van der Waals surface area contributed by atoms with Crippen LogP contribution in [0.4, 0.5) is 5.82 Å². The number of hydrogen-bond acceptors (Lipinski definition) is 6. The van der Waals surface area contributed by atoms with Gasteiger partial charge in [0.05, 0.1) is 29.6 Å². The van der Waals surface area contributed by atoms with Gasteiger partial charge in [0.2, 0.25) is 0 Å². The molecule has 0 amide bonds. The molecule has 0 spiro atoms. The zero-order valence-electron chi connectivity index (χ0n) is 15.9. The third kappa shape index (κ3) is 2.84. The summed E-state index contributed by atoms with van der Waals surface area (Å²) in [6.07, 6.45) is 9.79. The highest BCUT2D eigenvalue weighted by Crippen LogP contribution is 2.36. The summed E-state index contributed by atoms with van der Waals surface area (Å²) in [5.41, 5.74) is 2.14. The fourth-order valence-corrected chi connectivity index (χ4v) is 4.26. The van der Waals surface area contributed by atoms with E-state index >= 15 is 0 Å². The lowest BCUT2D eigenvalue weighted by Crippen LogP contribution is -2.42. The summed E-state index contributed by atoms with van der Waals surface area (Å²) >= 11 is 0. The lowest BCUT2D eigenvalue weighted by Gasteiger charge is -2.41. The molecule has 138 valence electrons. The number of hydrogen-bond donors (Lipinski definition) is 0. The molecule has 2 atom stereocenters. The van der Waals surface area contributed by atoms with E-state index in [9.17, 15) is 0 Å². The number of anilines is 1. The summed E-state index contributed by atoms with van der Waals surface area (Å²) in [5.74, 6) is 1.45. The number of aromatic nitrogens is 6. The molecule has 0 saturated carbocycles. The monoisotopic (exact) mass is 354 g/mol. The van der Waals surface area contributed by atoms with Crippen LogP contribution in [-0.2, 0) is 14.1 Å². The summed E-state index contributed by atoms with van der Waals surface area (Å²) in [6, 6.07) is 0.366. The Morgan fingerprint density at radius 3 is 2.81 bits per heavy atom. The van der Waals surface area contributed by atoms with Crippen LogP contribution in [-0.4, -0.2) is 61.4 Å². The van der Waals surface area contributed by atoms with Crippen molar-refractivity contribution in [1.82, 2.24) is 34.2 Å². The minimum Gasteiger partial charge on any atom is -0.359 e. The quantitative estimate of drug-likeness (QED) is 0.709. The Bertz CT molecular complexity index is 898. The van der Waals surface area contributed by atoms with Gasteiger partial charge in [-0.05, 0) is 32.4 Å². The Hall–Kier alpha value is -2.48. The number of rotatable bonds is 4. The number of piperidine rings is 1. The second-order valence-electron chi connectivity index (χ2n) is 7.34. The van der Waals surface area contributed by atoms with E-state index in [2.05, 4.69) is 55.6 Å². The Labute approximate surface area is 153 Å². The van der Waals surface area contributed by atoms with E-state index in [-0.39, 0.29) is 0 Å². The lowest BCUT2D eigenvalue weighted by atomic mass is 9.87. The van der Waals surface area contributed by atoms with Gasteiger partial charge in [-0.2, -0.15) is 5.10 Å². The highest BCUT2D eigenvalue weighted by molar-refractivity contribution is 5.86. The van der Waals surface area contributed by atoms with E-state index < -0.39 is 0 Å². The van der Waals surface area contributed by atoms with Crippen LogP contribution >= 0.6 is 0 Å². The van der Waals surface area contributed by atoms with Crippen molar-refractivity contribution in [1.29, 1.82) is 0 Å². The van der Waals surface area contributed by atoms with Gasteiger partial charge < -0.3 is 9.47 Å². The molecule has 0 N–H and O–H groups in total. The molecule has 0 unspecified atom stereocenters. The first-order chi connectivity index (χ1) is 12.6. The zero-order chi connectivity index (χ0) is 18.3. The average Bonchev–Trinajstić information content (AvgIpc) is 3.21. The number of fused-ring (bicyclic) bond motifs is 1. The predicted molar refractivity (Wildman–Crippen MR) is 101 cm³/mol. The topological polar surface area (TPSA) is 67.9 Å². The number of aryl methyl sites for hydroxylation is 2. The molecule has 3 aromatic heterocycles. The van der Waals surface area contributed by atoms with Crippen LogP contribution in [0.5, 0.6) is 0 Å². The van der Waals surface area contributed by atoms with Crippen molar-refractivity contribution in [3.05, 3.63) is 30.7 Å².